The van der Waals surface area contributed by atoms with E-state index in [2.05, 4.69) is 10.2 Å². The average molecular weight is 328 g/mol. The third kappa shape index (κ3) is 8.97. The number of benzene rings is 1. The number of hydrogen-bond acceptors (Lipinski definition) is 5. The monoisotopic (exact) mass is 328 g/mol. The predicted molar refractivity (Wildman–Crippen MR) is 85.4 cm³/mol. The second-order valence-corrected chi connectivity index (χ2v) is 6.28. The molecular weight excluding hydrogens is 303 g/mol. The van der Waals surface area contributed by atoms with E-state index in [9.17, 15) is 14.7 Å². The van der Waals surface area contributed by atoms with Crippen LogP contribution in [0.1, 0.15) is 31.4 Å². The molecule has 1 amide bonds. The number of nitrogens with zero attached hydrogens (tertiary/aromatic N) is 1. The maximum absolute atomic E-state index is 11.7. The van der Waals surface area contributed by atoms with Crippen molar-refractivity contribution in [2.75, 3.05) is 14.1 Å². The fourth-order valence-electron chi connectivity index (χ4n) is 2.12. The van der Waals surface area contributed by atoms with Crippen molar-refractivity contribution in [2.24, 2.45) is 5.92 Å². The molecule has 0 heterocycles. The zero-order valence-corrected chi connectivity index (χ0v) is 15.2. The smallest absolute Gasteiger partial charge is 0.548 e. The maximum Gasteiger partial charge on any atom is 1.00 e. The molecule has 1 rings (SSSR count). The van der Waals surface area contributed by atoms with Gasteiger partial charge in [-0.25, -0.2) is 4.79 Å². The molecule has 1 N–H and O–H groups in total. The van der Waals surface area contributed by atoms with E-state index in [4.69, 9.17) is 4.74 Å². The molecular formula is C17H25LiN2O4. The van der Waals surface area contributed by atoms with Crippen LogP contribution in [0.4, 0.5) is 4.79 Å². The van der Waals surface area contributed by atoms with Gasteiger partial charge in [0.05, 0.1) is 12.0 Å². The molecule has 0 spiro atoms. The van der Waals surface area contributed by atoms with Crippen LogP contribution in [0.3, 0.4) is 0 Å². The molecule has 0 unspecified atom stereocenters. The second kappa shape index (κ2) is 11.1. The Morgan fingerprint density at radius 3 is 2.17 bits per heavy atom. The summed E-state index contributed by atoms with van der Waals surface area (Å²) >= 11 is 0. The average Bonchev–Trinajstić information content (AvgIpc) is 2.44. The van der Waals surface area contributed by atoms with Gasteiger partial charge in [0, 0.05) is 6.54 Å². The van der Waals surface area contributed by atoms with Crippen molar-refractivity contribution in [2.45, 2.75) is 39.5 Å². The van der Waals surface area contributed by atoms with Gasteiger partial charge in [-0.15, -0.1) is 0 Å². The predicted octanol–water partition coefficient (Wildman–Crippen LogP) is -1.86. The number of alkyl carbamates (subject to hydrolysis) is 1. The molecule has 6 nitrogen and oxygen atoms in total. The van der Waals surface area contributed by atoms with Gasteiger partial charge in [0.1, 0.15) is 6.61 Å². The van der Waals surface area contributed by atoms with Crippen LogP contribution in [0, 0.1) is 5.92 Å². The van der Waals surface area contributed by atoms with E-state index in [0.29, 0.717) is 6.42 Å². The molecule has 0 fully saturated rings. The summed E-state index contributed by atoms with van der Waals surface area (Å²) in [5.74, 6) is -1.17. The van der Waals surface area contributed by atoms with Crippen LogP contribution in [-0.4, -0.2) is 37.1 Å². The number of ether oxygens (including phenoxy) is 1. The summed E-state index contributed by atoms with van der Waals surface area (Å²) in [6, 6.07) is 6.68. The number of carboxylic acid groups (broad SMARTS) is 1. The van der Waals surface area contributed by atoms with Crippen molar-refractivity contribution >= 4 is 12.1 Å². The second-order valence-electron chi connectivity index (χ2n) is 6.28. The Kier molecular flexibility index (Phi) is 10.5. The van der Waals surface area contributed by atoms with Crippen molar-refractivity contribution in [3.05, 3.63) is 35.4 Å². The number of carbonyl (C=O) groups excluding carboxylic acids is 2. The Morgan fingerprint density at radius 1 is 1.17 bits per heavy atom. The summed E-state index contributed by atoms with van der Waals surface area (Å²) in [4.78, 5) is 24.7. The fraction of sp³-hybridized carbons (Fsp3) is 0.529. The molecule has 0 aliphatic heterocycles. The zero-order valence-electron chi connectivity index (χ0n) is 15.2. The molecule has 0 aromatic heterocycles. The van der Waals surface area contributed by atoms with E-state index in [1.54, 1.807) is 0 Å². The van der Waals surface area contributed by atoms with E-state index in [0.717, 1.165) is 17.7 Å². The molecule has 0 aliphatic carbocycles. The first-order valence-electron chi connectivity index (χ1n) is 7.64. The van der Waals surface area contributed by atoms with Crippen molar-refractivity contribution in [3.8, 4) is 0 Å². The first kappa shape index (κ1) is 22.5. The summed E-state index contributed by atoms with van der Waals surface area (Å²) in [5.41, 5.74) is 2.01. The van der Waals surface area contributed by atoms with Gasteiger partial charge < -0.3 is 24.9 Å². The van der Waals surface area contributed by atoms with Crippen LogP contribution in [0.15, 0.2) is 24.3 Å². The van der Waals surface area contributed by atoms with Crippen LogP contribution < -0.4 is 29.3 Å². The third-order valence-corrected chi connectivity index (χ3v) is 3.18. The number of carbonyl (C=O) groups is 2. The fourth-order valence-corrected chi connectivity index (χ4v) is 2.12. The summed E-state index contributed by atoms with van der Waals surface area (Å²) in [5, 5.41) is 13.3. The van der Waals surface area contributed by atoms with Crippen LogP contribution in [0.5, 0.6) is 0 Å². The molecule has 24 heavy (non-hydrogen) atoms. The molecule has 1 atom stereocenters. The summed E-state index contributed by atoms with van der Waals surface area (Å²) < 4.78 is 5.06. The van der Waals surface area contributed by atoms with E-state index in [1.807, 2.05) is 52.2 Å². The molecule has 7 heteroatoms. The van der Waals surface area contributed by atoms with E-state index in [-0.39, 0.29) is 31.4 Å². The Morgan fingerprint density at radius 2 is 1.71 bits per heavy atom. The standard InChI is InChI=1S/C17H26N2O4.Li/c1-12(2)9-15(16(20)21)18-17(22)23-11-14-7-5-13(6-8-14)10-19(3)4;/h5-8,12,15H,9-11H2,1-4H3,(H,18,22)(H,20,21);/q;+1/p-1/t15-;/m0./s1. The molecule has 0 bridgehead atoms. The quantitative estimate of drug-likeness (QED) is 0.566. The van der Waals surface area contributed by atoms with E-state index >= 15 is 0 Å². The van der Waals surface area contributed by atoms with Crippen LogP contribution in [0.25, 0.3) is 0 Å². The number of amides is 1. The number of nitrogens with one attached hydrogen (secondary N) is 1. The number of hydrogen-bond donors (Lipinski definition) is 1. The Hall–Kier alpha value is -1.48. The van der Waals surface area contributed by atoms with Gasteiger partial charge in [0.2, 0.25) is 0 Å². The van der Waals surface area contributed by atoms with E-state index < -0.39 is 18.1 Å². The van der Waals surface area contributed by atoms with Crippen LogP contribution in [0.2, 0.25) is 0 Å². The van der Waals surface area contributed by atoms with Gasteiger partial charge in [-0.05, 0) is 37.6 Å². The van der Waals surface area contributed by atoms with Crippen molar-refractivity contribution in [3.63, 3.8) is 0 Å². The topological polar surface area (TPSA) is 81.7 Å². The summed E-state index contributed by atoms with van der Waals surface area (Å²) in [7, 11) is 3.98. The normalized spacial score (nSPS) is 11.8. The van der Waals surface area contributed by atoms with Gasteiger partial charge in [-0.1, -0.05) is 38.1 Å². The minimum absolute atomic E-state index is 0. The molecule has 0 saturated heterocycles. The minimum Gasteiger partial charge on any atom is -0.548 e. The molecule has 0 aliphatic rings. The summed E-state index contributed by atoms with van der Waals surface area (Å²) in [6.45, 7) is 4.68. The third-order valence-electron chi connectivity index (χ3n) is 3.18. The number of rotatable bonds is 8. The number of carboxylic acids is 1. The Balaban J connectivity index is 0.00000529. The van der Waals surface area contributed by atoms with Crippen molar-refractivity contribution in [1.29, 1.82) is 0 Å². The number of aliphatic carboxylic acids is 1. The molecule has 1 aromatic rings. The van der Waals surface area contributed by atoms with Crippen molar-refractivity contribution < 1.29 is 38.3 Å². The maximum atomic E-state index is 11.7. The van der Waals surface area contributed by atoms with Gasteiger partial charge in [-0.3, -0.25) is 0 Å². The largest absolute Gasteiger partial charge is 1.00 e. The zero-order chi connectivity index (χ0) is 17.4. The Bertz CT molecular complexity index is 518. The summed E-state index contributed by atoms with van der Waals surface area (Å²) in [6.07, 6.45) is -0.450. The van der Waals surface area contributed by atoms with E-state index in [1.165, 1.54) is 0 Å². The molecule has 1 aromatic carbocycles. The SMILES string of the molecule is CC(C)C[C@H](NC(=O)OCc1ccc(CN(C)C)cc1)C(=O)[O-].[Li+]. The molecule has 128 valence electrons. The van der Waals surface area contributed by atoms with Crippen LogP contribution in [-0.2, 0) is 22.7 Å². The van der Waals surface area contributed by atoms with Gasteiger partial charge in [-0.2, -0.15) is 0 Å². The first-order valence-corrected chi connectivity index (χ1v) is 7.64. The van der Waals surface area contributed by atoms with Gasteiger partial charge in [0.15, 0.2) is 0 Å². The van der Waals surface area contributed by atoms with Crippen molar-refractivity contribution in [1.82, 2.24) is 10.2 Å². The molecule has 0 saturated carbocycles. The minimum atomic E-state index is -1.30. The first-order chi connectivity index (χ1) is 10.8. The van der Waals surface area contributed by atoms with Gasteiger partial charge in [0.25, 0.3) is 0 Å². The van der Waals surface area contributed by atoms with Gasteiger partial charge >= 0.3 is 25.0 Å². The van der Waals surface area contributed by atoms with Crippen LogP contribution >= 0.6 is 0 Å². The molecule has 0 radical (unpaired) electrons. The Labute approximate surface area is 155 Å².